The lowest BCUT2D eigenvalue weighted by atomic mass is 9.47. The molecule has 196 valence electrons. The second kappa shape index (κ2) is 8.74. The number of ether oxygens (including phenoxy) is 3. The molecule has 1 aromatic carbocycles. The monoisotopic (exact) mass is 562 g/mol. The number of aliphatic hydroxyl groups is 1. The van der Waals surface area contributed by atoms with E-state index < -0.39 is 40.5 Å². The fraction of sp³-hybridized carbons (Fsp3) is 0.630. The quantitative estimate of drug-likeness (QED) is 0.417. The van der Waals surface area contributed by atoms with Crippen LogP contribution in [0.2, 0.25) is 0 Å². The molecule has 36 heavy (non-hydrogen) atoms. The van der Waals surface area contributed by atoms with E-state index in [1.807, 2.05) is 18.0 Å². The second-order valence-electron chi connectivity index (χ2n) is 10.6. The van der Waals surface area contributed by atoms with E-state index in [1.165, 1.54) is 14.0 Å². The van der Waals surface area contributed by atoms with Crippen LogP contribution in [0.3, 0.4) is 0 Å². The molecule has 3 heterocycles. The Bertz CT molecular complexity index is 1130. The average molecular weight is 563 g/mol. The minimum Gasteiger partial charge on any atom is -0.495 e. The van der Waals surface area contributed by atoms with Crippen LogP contribution in [0, 0.1) is 5.41 Å². The Hall–Kier alpha value is -2.10. The third-order valence-corrected chi connectivity index (χ3v) is 9.65. The molecule has 5 rings (SSSR count). The molecule has 0 aromatic heterocycles. The molecule has 0 amide bonds. The Morgan fingerprint density at radius 2 is 2.00 bits per heavy atom. The van der Waals surface area contributed by atoms with Crippen molar-refractivity contribution in [3.63, 3.8) is 0 Å². The predicted molar refractivity (Wildman–Crippen MR) is 138 cm³/mol. The molecule has 6 atom stereocenters. The van der Waals surface area contributed by atoms with E-state index in [2.05, 4.69) is 46.0 Å². The lowest BCUT2D eigenvalue weighted by Gasteiger charge is -2.63. The summed E-state index contributed by atoms with van der Waals surface area (Å²) >= 11 is 3.68. The Morgan fingerprint density at radius 3 is 2.64 bits per heavy atom. The highest BCUT2D eigenvalue weighted by atomic mass is 79.9. The number of hydrogen-bond donors (Lipinski definition) is 1. The number of carbonyl (C=O) groups excluding carboxylic acids is 2. The molecule has 0 bridgehead atoms. The Morgan fingerprint density at radius 1 is 1.25 bits per heavy atom. The van der Waals surface area contributed by atoms with E-state index in [4.69, 9.17) is 14.2 Å². The van der Waals surface area contributed by atoms with Crippen LogP contribution in [0.1, 0.15) is 45.1 Å². The van der Waals surface area contributed by atoms with Crippen LogP contribution in [0.15, 0.2) is 28.8 Å². The summed E-state index contributed by atoms with van der Waals surface area (Å²) in [7, 11) is 4.79. The van der Waals surface area contributed by atoms with E-state index in [-0.39, 0.29) is 6.04 Å². The number of carbonyl (C=O) groups is 2. The number of hydrogen-bond acceptors (Lipinski definition) is 8. The number of esters is 2. The number of fused-ring (bicyclic) bond motifs is 1. The largest absolute Gasteiger partial charge is 0.495 e. The summed E-state index contributed by atoms with van der Waals surface area (Å²) in [6.07, 6.45) is 6.32. The van der Waals surface area contributed by atoms with Gasteiger partial charge in [0.15, 0.2) is 6.10 Å². The van der Waals surface area contributed by atoms with Crippen LogP contribution in [0.4, 0.5) is 5.69 Å². The molecular formula is C27H35BrN2O6. The average Bonchev–Trinajstić information content (AvgIpc) is 3.36. The maximum Gasteiger partial charge on any atom is 0.344 e. The highest BCUT2D eigenvalue weighted by molar-refractivity contribution is 9.10. The summed E-state index contributed by atoms with van der Waals surface area (Å²) in [5, 5.41) is 12.7. The third kappa shape index (κ3) is 3.05. The smallest absolute Gasteiger partial charge is 0.344 e. The zero-order chi connectivity index (χ0) is 26.0. The van der Waals surface area contributed by atoms with Crippen LogP contribution >= 0.6 is 15.9 Å². The molecular weight excluding hydrogens is 528 g/mol. The number of anilines is 1. The number of benzene rings is 1. The van der Waals surface area contributed by atoms with Crippen LogP contribution in [0.25, 0.3) is 0 Å². The third-order valence-electron chi connectivity index (χ3n) is 9.03. The van der Waals surface area contributed by atoms with Crippen molar-refractivity contribution in [2.45, 2.75) is 68.7 Å². The molecule has 0 unspecified atom stereocenters. The Labute approximate surface area is 220 Å². The zero-order valence-corrected chi connectivity index (χ0v) is 23.1. The van der Waals surface area contributed by atoms with Gasteiger partial charge in [0.1, 0.15) is 5.75 Å². The SMILES string of the molecule is CCCC[C@]12C=CCN3CC[C@@]4(c5cc(Br)c(OC)cc5N(C)[C@@H]4[C@](O)(C(=O)OC)[C@@H]1OC(C)=O)[C@@H]32. The number of likely N-dealkylation sites (N-methyl/N-ethyl adjacent to an activating group) is 1. The molecule has 1 aliphatic carbocycles. The molecule has 3 aliphatic heterocycles. The Kier molecular flexibility index (Phi) is 6.20. The minimum absolute atomic E-state index is 0.0789. The van der Waals surface area contributed by atoms with Crippen molar-refractivity contribution < 1.29 is 28.9 Å². The molecule has 1 N–H and O–H groups in total. The fourth-order valence-corrected chi connectivity index (χ4v) is 8.56. The first kappa shape index (κ1) is 25.5. The summed E-state index contributed by atoms with van der Waals surface area (Å²) < 4.78 is 17.7. The number of unbranched alkanes of at least 4 members (excludes halogenated alkanes) is 1. The van der Waals surface area contributed by atoms with Crippen molar-refractivity contribution in [1.29, 1.82) is 0 Å². The maximum atomic E-state index is 13.7. The van der Waals surface area contributed by atoms with Gasteiger partial charge in [-0.1, -0.05) is 31.9 Å². The van der Waals surface area contributed by atoms with E-state index in [9.17, 15) is 14.7 Å². The van der Waals surface area contributed by atoms with Crippen LogP contribution in [0.5, 0.6) is 5.75 Å². The van der Waals surface area contributed by atoms with Gasteiger partial charge in [-0.25, -0.2) is 4.79 Å². The van der Waals surface area contributed by atoms with Crippen molar-refractivity contribution in [2.75, 3.05) is 39.3 Å². The van der Waals surface area contributed by atoms with Gasteiger partial charge in [0.2, 0.25) is 5.60 Å². The van der Waals surface area contributed by atoms with Crippen molar-refractivity contribution >= 4 is 33.6 Å². The first-order chi connectivity index (χ1) is 17.1. The molecule has 1 saturated heterocycles. The summed E-state index contributed by atoms with van der Waals surface area (Å²) in [5.41, 5.74) is -1.51. The lowest BCUT2D eigenvalue weighted by molar-refractivity contribution is -0.229. The van der Waals surface area contributed by atoms with Gasteiger partial charge < -0.3 is 24.2 Å². The minimum atomic E-state index is -2.10. The highest BCUT2D eigenvalue weighted by Gasteiger charge is 2.80. The number of rotatable bonds is 6. The summed E-state index contributed by atoms with van der Waals surface area (Å²) in [6.45, 7) is 5.03. The van der Waals surface area contributed by atoms with Gasteiger partial charge in [0, 0.05) is 49.1 Å². The molecule has 1 saturated carbocycles. The van der Waals surface area contributed by atoms with Crippen LogP contribution in [-0.4, -0.2) is 80.1 Å². The molecule has 4 aliphatic rings. The van der Waals surface area contributed by atoms with Gasteiger partial charge >= 0.3 is 11.9 Å². The fourth-order valence-electron chi connectivity index (χ4n) is 8.05. The molecule has 1 spiro atoms. The Balaban J connectivity index is 1.87. The number of methoxy groups -OCH3 is 2. The van der Waals surface area contributed by atoms with E-state index in [1.54, 1.807) is 7.11 Å². The topological polar surface area (TPSA) is 88.5 Å². The van der Waals surface area contributed by atoms with Crippen LogP contribution < -0.4 is 9.64 Å². The van der Waals surface area contributed by atoms with Gasteiger partial charge in [0.05, 0.1) is 24.7 Å². The van der Waals surface area contributed by atoms with Gasteiger partial charge in [0.25, 0.3) is 0 Å². The first-order valence-corrected chi connectivity index (χ1v) is 13.4. The van der Waals surface area contributed by atoms with Gasteiger partial charge in [-0.05, 0) is 46.9 Å². The van der Waals surface area contributed by atoms with Gasteiger partial charge in [-0.15, -0.1) is 0 Å². The van der Waals surface area contributed by atoms with Crippen molar-refractivity contribution in [1.82, 2.24) is 4.90 Å². The maximum absolute atomic E-state index is 13.7. The summed E-state index contributed by atoms with van der Waals surface area (Å²) in [5.74, 6) is -0.642. The van der Waals surface area contributed by atoms with Gasteiger partial charge in [-0.2, -0.15) is 0 Å². The summed E-state index contributed by atoms with van der Waals surface area (Å²) in [4.78, 5) is 30.7. The van der Waals surface area contributed by atoms with Crippen molar-refractivity contribution in [3.05, 3.63) is 34.3 Å². The number of nitrogens with zero attached hydrogens (tertiary/aromatic N) is 2. The first-order valence-electron chi connectivity index (χ1n) is 12.6. The van der Waals surface area contributed by atoms with Crippen molar-refractivity contribution in [2.24, 2.45) is 5.41 Å². The standard InChI is InChI=1S/C27H35BrN2O6/c1-6-7-9-25-10-8-12-30-13-11-26(21(25)30)17-14-18(28)20(34-4)15-19(17)29(3)22(26)27(33,24(32)35-5)23(25)36-16(2)31/h8,10,14-15,21-23,33H,6-7,9,11-13H2,1-5H3/t21-,22-,23+,25+,26+,27+/m0/s1. The van der Waals surface area contributed by atoms with E-state index in [0.717, 1.165) is 48.1 Å². The highest BCUT2D eigenvalue weighted by Crippen LogP contribution is 2.68. The number of halogens is 1. The molecule has 0 radical (unpaired) electrons. The molecule has 2 fully saturated rings. The molecule has 1 aromatic rings. The molecule has 8 nitrogen and oxygen atoms in total. The predicted octanol–water partition coefficient (Wildman–Crippen LogP) is 3.18. The summed E-state index contributed by atoms with van der Waals surface area (Å²) in [6, 6.07) is 3.26. The lowest BCUT2D eigenvalue weighted by Crippen LogP contribution is -2.81. The zero-order valence-electron chi connectivity index (χ0n) is 21.5. The van der Waals surface area contributed by atoms with Gasteiger partial charge in [-0.3, -0.25) is 9.69 Å². The second-order valence-corrected chi connectivity index (χ2v) is 11.5. The van der Waals surface area contributed by atoms with E-state index in [0.29, 0.717) is 12.2 Å². The van der Waals surface area contributed by atoms with Crippen LogP contribution in [-0.2, 0) is 24.5 Å². The normalized spacial score (nSPS) is 36.2. The van der Waals surface area contributed by atoms with Crippen molar-refractivity contribution in [3.8, 4) is 5.75 Å². The molecule has 9 heteroatoms. The van der Waals surface area contributed by atoms with E-state index >= 15 is 0 Å².